The lowest BCUT2D eigenvalue weighted by Gasteiger charge is -2.19. The molecule has 1 aromatic heterocycles. The van der Waals surface area contributed by atoms with Crippen LogP contribution in [0.4, 0.5) is 16.2 Å². The summed E-state index contributed by atoms with van der Waals surface area (Å²) in [6.45, 7) is 1.72. The minimum absolute atomic E-state index is 0.106. The van der Waals surface area contributed by atoms with Gasteiger partial charge >= 0.3 is 6.03 Å². The van der Waals surface area contributed by atoms with Crippen molar-refractivity contribution in [2.45, 2.75) is 12.5 Å². The minimum atomic E-state index is -0.247. The van der Waals surface area contributed by atoms with Gasteiger partial charge in [-0.15, -0.1) is 0 Å². The Balaban J connectivity index is 1.54. The molecule has 120 valence electrons. The van der Waals surface area contributed by atoms with Crippen LogP contribution in [-0.4, -0.2) is 29.7 Å². The van der Waals surface area contributed by atoms with Crippen LogP contribution in [0.3, 0.4) is 0 Å². The van der Waals surface area contributed by atoms with Gasteiger partial charge in [-0.1, -0.05) is 18.2 Å². The average Bonchev–Trinajstić information content (AvgIpc) is 3.00. The molecule has 1 atom stereocenters. The number of anilines is 2. The van der Waals surface area contributed by atoms with Crippen molar-refractivity contribution < 1.29 is 4.79 Å². The number of carbonyl (C=O) groups excluding carboxylic acids is 1. The Morgan fingerprint density at radius 2 is 1.96 bits per heavy atom. The summed E-state index contributed by atoms with van der Waals surface area (Å²) in [5.41, 5.74) is 1.67. The van der Waals surface area contributed by atoms with E-state index in [-0.39, 0.29) is 17.6 Å². The molecule has 23 heavy (non-hydrogen) atoms. The van der Waals surface area contributed by atoms with Crippen molar-refractivity contribution in [1.82, 2.24) is 9.88 Å². The van der Waals surface area contributed by atoms with E-state index in [9.17, 15) is 9.59 Å². The SMILES string of the molecule is Cn1cc(NC(=O)NC2CCN(c3ccccc3)C2)ccc1=O. The maximum atomic E-state index is 12.1. The lowest BCUT2D eigenvalue weighted by Crippen LogP contribution is -2.39. The maximum absolute atomic E-state index is 12.1. The van der Waals surface area contributed by atoms with Crippen molar-refractivity contribution in [3.05, 3.63) is 59.0 Å². The fourth-order valence-corrected chi connectivity index (χ4v) is 2.77. The Hall–Kier alpha value is -2.76. The van der Waals surface area contributed by atoms with Crippen LogP contribution in [0.15, 0.2) is 53.5 Å². The average molecular weight is 312 g/mol. The van der Waals surface area contributed by atoms with Gasteiger partial charge in [0.15, 0.2) is 0 Å². The summed E-state index contributed by atoms with van der Waals surface area (Å²) >= 11 is 0. The van der Waals surface area contributed by atoms with Crippen molar-refractivity contribution in [2.75, 3.05) is 23.3 Å². The highest BCUT2D eigenvalue weighted by molar-refractivity contribution is 5.89. The van der Waals surface area contributed by atoms with E-state index in [0.717, 1.165) is 19.5 Å². The Bertz CT molecular complexity index is 742. The van der Waals surface area contributed by atoms with E-state index in [1.807, 2.05) is 18.2 Å². The van der Waals surface area contributed by atoms with E-state index >= 15 is 0 Å². The van der Waals surface area contributed by atoms with Gasteiger partial charge < -0.3 is 20.1 Å². The Kier molecular flexibility index (Phi) is 4.32. The standard InChI is InChI=1S/C17H20N4O2/c1-20-11-13(7-8-16(20)22)18-17(23)19-14-9-10-21(12-14)15-5-3-2-4-6-15/h2-8,11,14H,9-10,12H2,1H3,(H2,18,19,23). The highest BCUT2D eigenvalue weighted by atomic mass is 16.2. The zero-order valence-electron chi connectivity index (χ0n) is 13.0. The van der Waals surface area contributed by atoms with Crippen molar-refractivity contribution in [3.8, 4) is 0 Å². The first-order chi connectivity index (χ1) is 11.1. The van der Waals surface area contributed by atoms with Crippen LogP contribution >= 0.6 is 0 Å². The second-order valence-corrected chi connectivity index (χ2v) is 5.73. The van der Waals surface area contributed by atoms with Gasteiger partial charge in [-0.2, -0.15) is 0 Å². The maximum Gasteiger partial charge on any atom is 0.319 e. The predicted molar refractivity (Wildman–Crippen MR) is 90.9 cm³/mol. The minimum Gasteiger partial charge on any atom is -0.369 e. The molecule has 2 amide bonds. The smallest absolute Gasteiger partial charge is 0.319 e. The number of hydrogen-bond donors (Lipinski definition) is 2. The largest absolute Gasteiger partial charge is 0.369 e. The molecule has 2 heterocycles. The zero-order chi connectivity index (χ0) is 16.2. The number of rotatable bonds is 3. The third kappa shape index (κ3) is 3.71. The summed E-state index contributed by atoms with van der Waals surface area (Å²) in [5.74, 6) is 0. The first kappa shape index (κ1) is 15.1. The quantitative estimate of drug-likeness (QED) is 0.908. The number of nitrogens with one attached hydrogen (secondary N) is 2. The lowest BCUT2D eigenvalue weighted by atomic mass is 10.3. The summed E-state index contributed by atoms with van der Waals surface area (Å²) in [5, 5.41) is 5.75. The van der Waals surface area contributed by atoms with Gasteiger partial charge in [0.25, 0.3) is 0 Å². The number of pyridine rings is 1. The van der Waals surface area contributed by atoms with Crippen LogP contribution in [0.25, 0.3) is 0 Å². The summed E-state index contributed by atoms with van der Waals surface area (Å²) in [6.07, 6.45) is 2.52. The molecule has 6 heteroatoms. The van der Waals surface area contributed by atoms with Crippen LogP contribution in [-0.2, 0) is 7.05 Å². The van der Waals surface area contributed by atoms with Crippen molar-refractivity contribution in [1.29, 1.82) is 0 Å². The number of urea groups is 1. The fraction of sp³-hybridized carbons (Fsp3) is 0.294. The van der Waals surface area contributed by atoms with Gasteiger partial charge in [0, 0.05) is 44.1 Å². The molecule has 1 fully saturated rings. The van der Waals surface area contributed by atoms with E-state index < -0.39 is 0 Å². The molecule has 0 spiro atoms. The number of benzene rings is 1. The third-order valence-electron chi connectivity index (χ3n) is 3.99. The number of amides is 2. The number of nitrogens with zero attached hydrogens (tertiary/aromatic N) is 2. The van der Waals surface area contributed by atoms with Gasteiger partial charge in [0.2, 0.25) is 5.56 Å². The molecule has 1 aliphatic heterocycles. The molecule has 1 saturated heterocycles. The van der Waals surface area contributed by atoms with Crippen LogP contribution in [0.5, 0.6) is 0 Å². The first-order valence-electron chi connectivity index (χ1n) is 7.66. The molecule has 0 bridgehead atoms. The number of aryl methyl sites for hydroxylation is 1. The first-order valence-corrected chi connectivity index (χ1v) is 7.66. The summed E-state index contributed by atoms with van der Waals surface area (Å²) in [6, 6.07) is 13.1. The molecule has 0 saturated carbocycles. The topological polar surface area (TPSA) is 66.4 Å². The van der Waals surface area contributed by atoms with E-state index in [1.165, 1.54) is 16.3 Å². The third-order valence-corrected chi connectivity index (χ3v) is 3.99. The number of para-hydroxylation sites is 1. The van der Waals surface area contributed by atoms with E-state index in [0.29, 0.717) is 5.69 Å². The molecular formula is C17H20N4O2. The molecule has 2 aromatic rings. The molecule has 1 aliphatic rings. The van der Waals surface area contributed by atoms with Crippen LogP contribution in [0.1, 0.15) is 6.42 Å². The fourth-order valence-electron chi connectivity index (χ4n) is 2.77. The van der Waals surface area contributed by atoms with Crippen LogP contribution in [0, 0.1) is 0 Å². The van der Waals surface area contributed by atoms with Gasteiger partial charge in [-0.3, -0.25) is 4.79 Å². The van der Waals surface area contributed by atoms with Gasteiger partial charge in [-0.05, 0) is 24.6 Å². The summed E-state index contributed by atoms with van der Waals surface area (Å²) in [7, 11) is 1.65. The summed E-state index contributed by atoms with van der Waals surface area (Å²) < 4.78 is 1.43. The molecule has 0 radical (unpaired) electrons. The Morgan fingerprint density at radius 1 is 1.17 bits per heavy atom. The lowest BCUT2D eigenvalue weighted by molar-refractivity contribution is 0.249. The highest BCUT2D eigenvalue weighted by Gasteiger charge is 2.23. The molecule has 3 rings (SSSR count). The van der Waals surface area contributed by atoms with E-state index in [1.54, 1.807) is 19.3 Å². The van der Waals surface area contributed by atoms with Crippen LogP contribution < -0.4 is 21.1 Å². The second kappa shape index (κ2) is 6.56. The molecule has 0 aliphatic carbocycles. The molecule has 6 nitrogen and oxygen atoms in total. The predicted octanol–water partition coefficient (Wildman–Crippen LogP) is 1.79. The van der Waals surface area contributed by atoms with E-state index in [4.69, 9.17) is 0 Å². The molecular weight excluding hydrogens is 292 g/mol. The zero-order valence-corrected chi connectivity index (χ0v) is 13.0. The number of carbonyl (C=O) groups is 1. The number of hydrogen-bond acceptors (Lipinski definition) is 3. The molecule has 1 unspecified atom stereocenters. The van der Waals surface area contributed by atoms with Gasteiger partial charge in [-0.25, -0.2) is 4.79 Å². The summed E-state index contributed by atoms with van der Waals surface area (Å²) in [4.78, 5) is 25.7. The van der Waals surface area contributed by atoms with Gasteiger partial charge in [0.05, 0.1) is 5.69 Å². The normalized spacial score (nSPS) is 17.1. The molecule has 2 N–H and O–H groups in total. The van der Waals surface area contributed by atoms with Crippen molar-refractivity contribution in [2.24, 2.45) is 7.05 Å². The Morgan fingerprint density at radius 3 is 2.70 bits per heavy atom. The second-order valence-electron chi connectivity index (χ2n) is 5.73. The van der Waals surface area contributed by atoms with Crippen LogP contribution in [0.2, 0.25) is 0 Å². The monoisotopic (exact) mass is 312 g/mol. The highest BCUT2D eigenvalue weighted by Crippen LogP contribution is 2.19. The van der Waals surface area contributed by atoms with Crippen molar-refractivity contribution >= 4 is 17.4 Å². The Labute approximate surface area is 134 Å². The van der Waals surface area contributed by atoms with Crippen molar-refractivity contribution in [3.63, 3.8) is 0 Å². The van der Waals surface area contributed by atoms with E-state index in [2.05, 4.69) is 27.7 Å². The number of aromatic nitrogens is 1. The molecule has 1 aromatic carbocycles. The van der Waals surface area contributed by atoms with Gasteiger partial charge in [0.1, 0.15) is 0 Å².